The number of rotatable bonds is 8. The molecule has 160 valence electrons. The molecule has 6 nitrogen and oxygen atoms in total. The van der Waals surface area contributed by atoms with E-state index in [1.165, 1.54) is 48.5 Å². The fraction of sp³-hybridized carbons (Fsp3) is 0.136. The van der Waals surface area contributed by atoms with E-state index in [2.05, 4.69) is 10.3 Å². The molecule has 1 heterocycles. The van der Waals surface area contributed by atoms with Crippen molar-refractivity contribution in [3.8, 4) is 0 Å². The zero-order valence-corrected chi connectivity index (χ0v) is 17.7. The number of hydrogen-bond acceptors (Lipinski definition) is 5. The summed E-state index contributed by atoms with van der Waals surface area (Å²) in [5, 5.41) is 2.70. The number of anilines is 1. The van der Waals surface area contributed by atoms with Gasteiger partial charge in [0.25, 0.3) is 9.05 Å². The van der Waals surface area contributed by atoms with Gasteiger partial charge in [-0.25, -0.2) is 12.8 Å². The van der Waals surface area contributed by atoms with Gasteiger partial charge in [-0.3, -0.25) is 14.6 Å². The molecule has 3 rings (SSSR count). The van der Waals surface area contributed by atoms with Crippen LogP contribution in [0.25, 0.3) is 0 Å². The molecule has 1 amide bonds. The average molecular weight is 461 g/mol. The highest BCUT2D eigenvalue weighted by atomic mass is 35.7. The van der Waals surface area contributed by atoms with Gasteiger partial charge in [0.15, 0.2) is 5.78 Å². The van der Waals surface area contributed by atoms with Crippen molar-refractivity contribution in [1.82, 2.24) is 4.98 Å². The maximum Gasteiger partial charge on any atom is 0.261 e. The van der Waals surface area contributed by atoms with Gasteiger partial charge in [0.2, 0.25) is 5.91 Å². The Morgan fingerprint density at radius 1 is 1.03 bits per heavy atom. The van der Waals surface area contributed by atoms with Gasteiger partial charge in [-0.1, -0.05) is 6.07 Å². The number of nitrogens with zero attached hydrogens (tertiary/aromatic N) is 1. The first-order chi connectivity index (χ1) is 14.7. The van der Waals surface area contributed by atoms with E-state index in [0.29, 0.717) is 11.3 Å². The lowest BCUT2D eigenvalue weighted by Gasteiger charge is -2.17. The summed E-state index contributed by atoms with van der Waals surface area (Å²) in [5.41, 5.74) is 1.44. The lowest BCUT2D eigenvalue weighted by atomic mass is 9.91. The number of pyridine rings is 1. The molecule has 1 aromatic heterocycles. The van der Waals surface area contributed by atoms with Crippen molar-refractivity contribution in [2.75, 3.05) is 5.32 Å². The minimum absolute atomic E-state index is 0.0921. The second-order valence-corrected chi connectivity index (χ2v) is 9.41. The first-order valence-corrected chi connectivity index (χ1v) is 11.6. The van der Waals surface area contributed by atoms with Crippen LogP contribution < -0.4 is 5.32 Å². The molecular formula is C22H18ClFN2O4S. The number of carbonyl (C=O) groups excluding carboxylic acids is 2. The second-order valence-electron chi connectivity index (χ2n) is 6.85. The number of Topliss-reactive ketones (excluding diaryl/α,β-unsaturated/α-hetero) is 1. The van der Waals surface area contributed by atoms with Crippen molar-refractivity contribution in [1.29, 1.82) is 0 Å². The van der Waals surface area contributed by atoms with Crippen LogP contribution >= 0.6 is 10.7 Å². The third-order valence-electron chi connectivity index (χ3n) is 4.58. The Morgan fingerprint density at radius 3 is 2.29 bits per heavy atom. The van der Waals surface area contributed by atoms with Crippen LogP contribution in [0, 0.1) is 11.7 Å². The molecule has 0 unspecified atom stereocenters. The molecule has 31 heavy (non-hydrogen) atoms. The number of hydrogen-bond donors (Lipinski definition) is 1. The summed E-state index contributed by atoms with van der Waals surface area (Å²) in [6, 6.07) is 14.0. The van der Waals surface area contributed by atoms with Crippen LogP contribution in [0.3, 0.4) is 0 Å². The standard InChI is InChI=1S/C22H18ClFN2O4S/c23-31(29,30)20-9-7-19(8-10-20)26-22(28)17(12-15-2-1-11-25-14-15)13-21(27)16-3-5-18(24)6-4-16/h1-11,14,17H,12-13H2,(H,26,28)/t17-/m1/s1. The van der Waals surface area contributed by atoms with Crippen LogP contribution in [0.1, 0.15) is 22.3 Å². The van der Waals surface area contributed by atoms with Gasteiger partial charge in [-0.05, 0) is 66.6 Å². The number of carbonyl (C=O) groups is 2. The van der Waals surface area contributed by atoms with Crippen LogP contribution in [0.15, 0.2) is 78.0 Å². The molecule has 1 atom stereocenters. The SMILES string of the molecule is O=C(C[C@@H](Cc1cccnc1)C(=O)Nc1ccc(S(=O)(=O)Cl)cc1)c1ccc(F)cc1. The summed E-state index contributed by atoms with van der Waals surface area (Å²) in [6.45, 7) is 0. The number of halogens is 2. The zero-order valence-electron chi connectivity index (χ0n) is 16.2. The Bertz CT molecular complexity index is 1170. The van der Waals surface area contributed by atoms with Gasteiger partial charge in [-0.15, -0.1) is 0 Å². The van der Waals surface area contributed by atoms with Crippen LogP contribution in [-0.2, 0) is 20.3 Å². The summed E-state index contributed by atoms with van der Waals surface area (Å²) in [4.78, 5) is 29.5. The Morgan fingerprint density at radius 2 is 1.71 bits per heavy atom. The number of nitrogens with one attached hydrogen (secondary N) is 1. The first kappa shape index (κ1) is 22.6. The second kappa shape index (κ2) is 9.80. The molecule has 2 aromatic carbocycles. The molecule has 0 radical (unpaired) electrons. The normalized spacial score (nSPS) is 12.2. The average Bonchev–Trinajstić information content (AvgIpc) is 2.74. The first-order valence-electron chi connectivity index (χ1n) is 9.25. The lowest BCUT2D eigenvalue weighted by molar-refractivity contribution is -0.119. The molecule has 0 aliphatic rings. The van der Waals surface area contributed by atoms with Crippen molar-refractivity contribution >= 4 is 37.1 Å². The molecule has 0 saturated heterocycles. The topological polar surface area (TPSA) is 93.2 Å². The molecule has 0 saturated carbocycles. The Hall–Kier alpha value is -3.10. The van der Waals surface area contributed by atoms with Gasteiger partial charge in [-0.2, -0.15) is 0 Å². The predicted octanol–water partition coefficient (Wildman–Crippen LogP) is 4.22. The van der Waals surface area contributed by atoms with Gasteiger partial charge < -0.3 is 5.32 Å². The van der Waals surface area contributed by atoms with Gasteiger partial charge in [0.1, 0.15) is 5.82 Å². The molecule has 0 spiro atoms. The van der Waals surface area contributed by atoms with E-state index in [4.69, 9.17) is 10.7 Å². The molecule has 0 aliphatic carbocycles. The lowest BCUT2D eigenvalue weighted by Crippen LogP contribution is -2.27. The van der Waals surface area contributed by atoms with Crippen LogP contribution in [0.2, 0.25) is 0 Å². The van der Waals surface area contributed by atoms with Gasteiger partial charge >= 0.3 is 0 Å². The number of amides is 1. The highest BCUT2D eigenvalue weighted by Gasteiger charge is 2.24. The highest BCUT2D eigenvalue weighted by molar-refractivity contribution is 8.13. The van der Waals surface area contributed by atoms with E-state index in [1.807, 2.05) is 0 Å². The third-order valence-corrected chi connectivity index (χ3v) is 5.95. The molecule has 3 aromatic rings. The van der Waals surface area contributed by atoms with Crippen molar-refractivity contribution in [2.45, 2.75) is 17.7 Å². The smallest absolute Gasteiger partial charge is 0.261 e. The van der Waals surface area contributed by atoms with Crippen LogP contribution in [0.5, 0.6) is 0 Å². The van der Waals surface area contributed by atoms with E-state index >= 15 is 0 Å². The van der Waals surface area contributed by atoms with E-state index in [-0.39, 0.29) is 23.5 Å². The Labute approximate surface area is 183 Å². The van der Waals surface area contributed by atoms with E-state index in [1.54, 1.807) is 24.5 Å². The van der Waals surface area contributed by atoms with Gasteiger partial charge in [0.05, 0.1) is 4.90 Å². The monoisotopic (exact) mass is 460 g/mol. The van der Waals surface area contributed by atoms with Crippen molar-refractivity contribution in [3.05, 3.63) is 90.0 Å². The molecule has 0 fully saturated rings. The molecule has 0 bridgehead atoms. The molecule has 0 aliphatic heterocycles. The number of ketones is 1. The maximum atomic E-state index is 13.1. The zero-order chi connectivity index (χ0) is 22.4. The van der Waals surface area contributed by atoms with Crippen molar-refractivity contribution in [2.24, 2.45) is 5.92 Å². The minimum Gasteiger partial charge on any atom is -0.326 e. The quantitative estimate of drug-likeness (QED) is 0.401. The molecule has 9 heteroatoms. The number of benzene rings is 2. The van der Waals surface area contributed by atoms with E-state index in [0.717, 1.165) is 5.56 Å². The van der Waals surface area contributed by atoms with E-state index in [9.17, 15) is 22.4 Å². The van der Waals surface area contributed by atoms with E-state index < -0.39 is 26.7 Å². The van der Waals surface area contributed by atoms with Crippen LogP contribution in [0.4, 0.5) is 10.1 Å². The third kappa shape index (κ3) is 6.44. The summed E-state index contributed by atoms with van der Waals surface area (Å²) in [7, 11) is 1.43. The largest absolute Gasteiger partial charge is 0.326 e. The fourth-order valence-electron chi connectivity index (χ4n) is 2.98. The summed E-state index contributed by atoms with van der Waals surface area (Å²) >= 11 is 0. The Kier molecular flexibility index (Phi) is 7.14. The molecular weight excluding hydrogens is 443 g/mol. The molecule has 1 N–H and O–H groups in total. The Balaban J connectivity index is 1.78. The summed E-state index contributed by atoms with van der Waals surface area (Å²) in [5.74, 6) is -1.89. The predicted molar refractivity (Wildman–Crippen MR) is 115 cm³/mol. The van der Waals surface area contributed by atoms with Gasteiger partial charge in [0, 0.05) is 46.7 Å². The summed E-state index contributed by atoms with van der Waals surface area (Å²) in [6.07, 6.45) is 3.39. The maximum absolute atomic E-state index is 13.1. The highest BCUT2D eigenvalue weighted by Crippen LogP contribution is 2.21. The minimum atomic E-state index is -3.87. The van der Waals surface area contributed by atoms with Crippen molar-refractivity contribution in [3.63, 3.8) is 0 Å². The van der Waals surface area contributed by atoms with Crippen LogP contribution in [-0.4, -0.2) is 25.1 Å². The fourth-order valence-corrected chi connectivity index (χ4v) is 3.75. The number of aromatic nitrogens is 1. The summed E-state index contributed by atoms with van der Waals surface area (Å²) < 4.78 is 35.9. The van der Waals surface area contributed by atoms with Crippen molar-refractivity contribution < 1.29 is 22.4 Å².